The van der Waals surface area contributed by atoms with Crippen LogP contribution >= 0.6 is 11.6 Å². The van der Waals surface area contributed by atoms with Crippen LogP contribution in [-0.4, -0.2) is 11.7 Å². The minimum atomic E-state index is -0.0556. The molecule has 0 bridgehead atoms. The Morgan fingerprint density at radius 3 is 2.72 bits per heavy atom. The summed E-state index contributed by atoms with van der Waals surface area (Å²) in [5, 5.41) is 2.61. The highest BCUT2D eigenvalue weighted by atomic mass is 35.5. The van der Waals surface area contributed by atoms with Crippen LogP contribution in [0.5, 0.6) is 0 Å². The molecule has 2 aromatic carbocycles. The predicted molar refractivity (Wildman–Crippen MR) is 76.1 cm³/mol. The van der Waals surface area contributed by atoms with Crippen LogP contribution in [0.25, 0.3) is 16.8 Å². The first-order valence-electron chi connectivity index (χ1n) is 6.10. The Morgan fingerprint density at radius 2 is 1.94 bits per heavy atom. The minimum Gasteiger partial charge on any atom is -0.294 e. The van der Waals surface area contributed by atoms with Crippen molar-refractivity contribution in [2.45, 2.75) is 12.8 Å². The maximum atomic E-state index is 11.2. The highest BCUT2D eigenvalue weighted by molar-refractivity contribution is 6.29. The SMILES string of the molecule is O=C(/C=C/c1ccc2c3c(cccc13)CC2)CCl. The Hall–Kier alpha value is -1.60. The third kappa shape index (κ3) is 1.85. The summed E-state index contributed by atoms with van der Waals surface area (Å²) in [6, 6.07) is 10.7. The van der Waals surface area contributed by atoms with Crippen molar-refractivity contribution in [3.8, 4) is 0 Å². The summed E-state index contributed by atoms with van der Waals surface area (Å²) in [5.41, 5.74) is 3.93. The first-order chi connectivity index (χ1) is 8.79. The Balaban J connectivity index is 2.15. The van der Waals surface area contributed by atoms with Gasteiger partial charge in [-0.2, -0.15) is 0 Å². The van der Waals surface area contributed by atoms with Crippen molar-refractivity contribution in [2.24, 2.45) is 0 Å². The number of alkyl halides is 1. The van der Waals surface area contributed by atoms with E-state index in [2.05, 4.69) is 30.3 Å². The standard InChI is InChI=1S/C16H13ClO/c17-10-14(18)9-8-11-4-5-13-7-6-12-2-1-3-15(11)16(12)13/h1-5,8-9H,6-7,10H2/b9-8+. The average molecular weight is 257 g/mol. The van der Waals surface area contributed by atoms with E-state index >= 15 is 0 Å². The number of carbonyl (C=O) groups excluding carboxylic acids is 1. The molecule has 1 aliphatic carbocycles. The quantitative estimate of drug-likeness (QED) is 0.604. The van der Waals surface area contributed by atoms with Crippen LogP contribution in [0.1, 0.15) is 16.7 Å². The molecule has 0 spiro atoms. The summed E-state index contributed by atoms with van der Waals surface area (Å²) < 4.78 is 0. The van der Waals surface area contributed by atoms with E-state index in [0.29, 0.717) is 0 Å². The molecule has 3 rings (SSSR count). The maximum Gasteiger partial charge on any atom is 0.170 e. The van der Waals surface area contributed by atoms with Gasteiger partial charge >= 0.3 is 0 Å². The molecule has 0 saturated heterocycles. The normalized spacial score (nSPS) is 13.6. The predicted octanol–water partition coefficient (Wildman–Crippen LogP) is 3.76. The fourth-order valence-electron chi connectivity index (χ4n) is 2.64. The van der Waals surface area contributed by atoms with Gasteiger partial charge in [0.05, 0.1) is 5.88 Å². The van der Waals surface area contributed by atoms with Crippen molar-refractivity contribution in [1.82, 2.24) is 0 Å². The number of rotatable bonds is 3. The molecule has 90 valence electrons. The molecule has 18 heavy (non-hydrogen) atoms. The fraction of sp³-hybridized carbons (Fsp3) is 0.188. The van der Waals surface area contributed by atoms with Crippen LogP contribution in [-0.2, 0) is 17.6 Å². The van der Waals surface area contributed by atoms with Crippen molar-refractivity contribution >= 4 is 34.2 Å². The van der Waals surface area contributed by atoms with E-state index in [1.54, 1.807) is 6.08 Å². The molecule has 0 atom stereocenters. The number of halogens is 1. The summed E-state index contributed by atoms with van der Waals surface area (Å²) in [6.07, 6.45) is 5.68. The first kappa shape index (κ1) is 11.5. The van der Waals surface area contributed by atoms with Crippen molar-refractivity contribution in [3.63, 3.8) is 0 Å². The zero-order valence-electron chi connectivity index (χ0n) is 9.95. The molecule has 0 amide bonds. The molecule has 0 aliphatic heterocycles. The molecule has 0 heterocycles. The van der Waals surface area contributed by atoms with Crippen LogP contribution in [0.3, 0.4) is 0 Å². The van der Waals surface area contributed by atoms with E-state index in [9.17, 15) is 4.79 Å². The smallest absolute Gasteiger partial charge is 0.170 e. The van der Waals surface area contributed by atoms with Gasteiger partial charge in [-0.1, -0.05) is 36.4 Å². The minimum absolute atomic E-state index is 0.0395. The molecule has 0 saturated carbocycles. The lowest BCUT2D eigenvalue weighted by Crippen LogP contribution is -1.92. The summed E-state index contributed by atoms with van der Waals surface area (Å²) in [7, 11) is 0. The van der Waals surface area contributed by atoms with Gasteiger partial charge in [0.2, 0.25) is 0 Å². The number of benzene rings is 2. The number of ketones is 1. The van der Waals surface area contributed by atoms with Crippen LogP contribution < -0.4 is 0 Å². The number of hydrogen-bond acceptors (Lipinski definition) is 1. The van der Waals surface area contributed by atoms with Crippen LogP contribution in [0.15, 0.2) is 36.4 Å². The molecule has 0 radical (unpaired) electrons. The van der Waals surface area contributed by atoms with Crippen molar-refractivity contribution in [3.05, 3.63) is 53.1 Å². The van der Waals surface area contributed by atoms with Gasteiger partial charge in [-0.15, -0.1) is 11.6 Å². The molecular weight excluding hydrogens is 244 g/mol. The van der Waals surface area contributed by atoms with Gasteiger partial charge in [-0.3, -0.25) is 4.79 Å². The molecule has 0 N–H and O–H groups in total. The van der Waals surface area contributed by atoms with Crippen LogP contribution in [0.2, 0.25) is 0 Å². The number of hydrogen-bond donors (Lipinski definition) is 0. The lowest BCUT2D eigenvalue weighted by Gasteiger charge is -2.05. The zero-order valence-corrected chi connectivity index (χ0v) is 10.7. The van der Waals surface area contributed by atoms with Crippen LogP contribution in [0.4, 0.5) is 0 Å². The van der Waals surface area contributed by atoms with E-state index in [0.717, 1.165) is 18.4 Å². The molecule has 0 fully saturated rings. The number of carbonyl (C=O) groups is 1. The average Bonchev–Trinajstić information content (AvgIpc) is 2.83. The van der Waals surface area contributed by atoms with Gasteiger partial charge in [-0.05, 0) is 46.4 Å². The molecular formula is C16H13ClO. The van der Waals surface area contributed by atoms with Gasteiger partial charge in [0.15, 0.2) is 5.78 Å². The Labute approximate surface area is 111 Å². The highest BCUT2D eigenvalue weighted by Crippen LogP contribution is 2.33. The summed E-state index contributed by atoms with van der Waals surface area (Å²) in [4.78, 5) is 11.2. The molecule has 1 nitrogen and oxygen atoms in total. The number of aryl methyl sites for hydroxylation is 2. The molecule has 2 aromatic rings. The van der Waals surface area contributed by atoms with E-state index in [1.165, 1.54) is 21.9 Å². The Bertz CT molecular complexity index is 645. The van der Waals surface area contributed by atoms with Gasteiger partial charge in [-0.25, -0.2) is 0 Å². The summed E-state index contributed by atoms with van der Waals surface area (Å²) in [5.74, 6) is -0.0162. The first-order valence-corrected chi connectivity index (χ1v) is 6.63. The summed E-state index contributed by atoms with van der Waals surface area (Å²) >= 11 is 5.50. The molecule has 2 heteroatoms. The lowest BCUT2D eigenvalue weighted by atomic mass is 9.99. The fourth-order valence-corrected chi connectivity index (χ4v) is 2.73. The second kappa shape index (κ2) is 4.58. The topological polar surface area (TPSA) is 17.1 Å². The van der Waals surface area contributed by atoms with Gasteiger partial charge in [0.25, 0.3) is 0 Å². The maximum absolute atomic E-state index is 11.2. The lowest BCUT2D eigenvalue weighted by molar-refractivity contribution is -0.112. The summed E-state index contributed by atoms with van der Waals surface area (Å²) in [6.45, 7) is 0. The van der Waals surface area contributed by atoms with Crippen molar-refractivity contribution < 1.29 is 4.79 Å². The largest absolute Gasteiger partial charge is 0.294 e. The van der Waals surface area contributed by atoms with Gasteiger partial charge < -0.3 is 0 Å². The zero-order chi connectivity index (χ0) is 12.5. The number of allylic oxidation sites excluding steroid dienone is 1. The molecule has 1 aliphatic rings. The Kier molecular flexibility index (Phi) is 2.92. The third-order valence-electron chi connectivity index (χ3n) is 3.49. The van der Waals surface area contributed by atoms with E-state index in [4.69, 9.17) is 11.6 Å². The van der Waals surface area contributed by atoms with Gasteiger partial charge in [0, 0.05) is 0 Å². The third-order valence-corrected chi connectivity index (χ3v) is 3.75. The van der Waals surface area contributed by atoms with Crippen LogP contribution in [0, 0.1) is 0 Å². The van der Waals surface area contributed by atoms with Crippen molar-refractivity contribution in [2.75, 3.05) is 5.88 Å². The Morgan fingerprint density at radius 1 is 1.17 bits per heavy atom. The molecule has 0 unspecified atom stereocenters. The van der Waals surface area contributed by atoms with E-state index in [1.807, 2.05) is 6.08 Å². The second-order valence-corrected chi connectivity index (χ2v) is 4.85. The van der Waals surface area contributed by atoms with E-state index in [-0.39, 0.29) is 11.7 Å². The van der Waals surface area contributed by atoms with Crippen molar-refractivity contribution in [1.29, 1.82) is 0 Å². The monoisotopic (exact) mass is 256 g/mol. The van der Waals surface area contributed by atoms with E-state index < -0.39 is 0 Å². The highest BCUT2D eigenvalue weighted by Gasteiger charge is 2.14. The second-order valence-electron chi connectivity index (χ2n) is 4.59. The van der Waals surface area contributed by atoms with Gasteiger partial charge in [0.1, 0.15) is 0 Å². The molecule has 0 aromatic heterocycles.